The fourth-order valence-electron chi connectivity index (χ4n) is 3.67. The molecule has 4 N–H and O–H groups in total. The van der Waals surface area contributed by atoms with Crippen LogP contribution in [0.25, 0.3) is 0 Å². The molecule has 1 aliphatic heterocycles. The summed E-state index contributed by atoms with van der Waals surface area (Å²) in [6, 6.07) is 9.83. The summed E-state index contributed by atoms with van der Waals surface area (Å²) in [5.41, 5.74) is 2.40. The molecule has 0 aliphatic carbocycles. The van der Waals surface area contributed by atoms with Crippen molar-refractivity contribution in [1.29, 1.82) is 0 Å². The Morgan fingerprint density at radius 1 is 1.09 bits per heavy atom. The summed E-state index contributed by atoms with van der Waals surface area (Å²) in [6.45, 7) is 5.87. The minimum atomic E-state index is -1.44. The van der Waals surface area contributed by atoms with Crippen LogP contribution in [0.2, 0.25) is 0 Å². The molecule has 0 spiro atoms. The molecular formula is C25H30N2O7. The molecule has 9 nitrogen and oxygen atoms in total. The number of aliphatic carboxylic acids is 2. The zero-order valence-electron chi connectivity index (χ0n) is 19.3. The van der Waals surface area contributed by atoms with Gasteiger partial charge in [-0.15, -0.1) is 0 Å². The van der Waals surface area contributed by atoms with Gasteiger partial charge in [0.25, 0.3) is 0 Å². The summed E-state index contributed by atoms with van der Waals surface area (Å²) in [4.78, 5) is 25.0. The highest BCUT2D eigenvalue weighted by molar-refractivity contribution is 5.96. The first kappa shape index (κ1) is 26.8. The van der Waals surface area contributed by atoms with Gasteiger partial charge >= 0.3 is 11.9 Å². The number of hydrogen-bond donors (Lipinski definition) is 4. The van der Waals surface area contributed by atoms with Gasteiger partial charge in [-0.05, 0) is 56.0 Å². The first-order chi connectivity index (χ1) is 16.1. The van der Waals surface area contributed by atoms with Crippen molar-refractivity contribution < 1.29 is 34.8 Å². The van der Waals surface area contributed by atoms with Crippen molar-refractivity contribution in [2.45, 2.75) is 44.9 Å². The lowest BCUT2D eigenvalue weighted by molar-refractivity contribution is -0.132. The summed E-state index contributed by atoms with van der Waals surface area (Å²) in [5.74, 6) is 0.818. The van der Waals surface area contributed by atoms with Gasteiger partial charge in [0.05, 0.1) is 12.2 Å². The van der Waals surface area contributed by atoms with Gasteiger partial charge in [-0.25, -0.2) is 9.59 Å². The second-order valence-corrected chi connectivity index (χ2v) is 8.05. The summed E-state index contributed by atoms with van der Waals surface area (Å²) >= 11 is 0. The number of aryl methyl sites for hydroxylation is 2. The maximum Gasteiger partial charge on any atom is 0.382 e. The van der Waals surface area contributed by atoms with E-state index in [-0.39, 0.29) is 0 Å². The topological polar surface area (TPSA) is 140 Å². The van der Waals surface area contributed by atoms with E-state index in [9.17, 15) is 19.8 Å². The smallest absolute Gasteiger partial charge is 0.382 e. The van der Waals surface area contributed by atoms with Gasteiger partial charge in [0.1, 0.15) is 12.0 Å². The average molecular weight is 471 g/mol. The van der Waals surface area contributed by atoms with E-state index in [1.807, 2.05) is 36.1 Å². The summed E-state index contributed by atoms with van der Waals surface area (Å²) in [6.07, 6.45) is 4.61. The minimum Gasteiger partial charge on any atom is -0.493 e. The van der Waals surface area contributed by atoms with Gasteiger partial charge in [-0.1, -0.05) is 17.7 Å². The molecule has 1 saturated heterocycles. The summed E-state index contributed by atoms with van der Waals surface area (Å²) < 4.78 is 5.82. The highest BCUT2D eigenvalue weighted by Crippen LogP contribution is 2.33. The van der Waals surface area contributed by atoms with E-state index in [0.717, 1.165) is 16.9 Å². The zero-order valence-corrected chi connectivity index (χ0v) is 19.3. The van der Waals surface area contributed by atoms with Gasteiger partial charge in [0.15, 0.2) is 0 Å². The Labute approximate surface area is 198 Å². The largest absolute Gasteiger partial charge is 0.493 e. The molecule has 34 heavy (non-hydrogen) atoms. The molecule has 1 aromatic heterocycles. The Hall–Kier alpha value is -3.45. The Bertz CT molecular complexity index is 1000. The highest BCUT2D eigenvalue weighted by Gasteiger charge is 2.35. The average Bonchev–Trinajstić information content (AvgIpc) is 2.80. The van der Waals surface area contributed by atoms with Crippen molar-refractivity contribution in [3.63, 3.8) is 0 Å². The summed E-state index contributed by atoms with van der Waals surface area (Å²) in [7, 11) is 0. The number of nitrogens with zero attached hydrogens (tertiary/aromatic N) is 2. The number of carbonyl (C=O) groups is 2. The van der Waals surface area contributed by atoms with Crippen LogP contribution in [0.3, 0.4) is 0 Å². The number of hydrogen-bond acceptors (Lipinski definition) is 7. The number of pyridine rings is 1. The SMILES string of the molecule is Cc1ccc(OCCC(O)N2CCC(O)(c3ccncc3)CC2)c(C)c1.O=C(O)C#CC(=O)O. The molecule has 2 heterocycles. The van der Waals surface area contributed by atoms with Crippen molar-refractivity contribution in [3.8, 4) is 17.6 Å². The zero-order chi connectivity index (χ0) is 25.1. The fraction of sp³-hybridized carbons (Fsp3) is 0.400. The van der Waals surface area contributed by atoms with Gasteiger partial charge in [0.2, 0.25) is 0 Å². The van der Waals surface area contributed by atoms with Crippen LogP contribution < -0.4 is 4.74 Å². The van der Waals surface area contributed by atoms with Crippen molar-refractivity contribution in [2.24, 2.45) is 0 Å². The molecule has 1 atom stereocenters. The third-order valence-corrected chi connectivity index (χ3v) is 5.50. The number of aliphatic hydroxyl groups is 2. The van der Waals surface area contributed by atoms with Crippen molar-refractivity contribution in [3.05, 3.63) is 59.4 Å². The second kappa shape index (κ2) is 12.7. The van der Waals surface area contributed by atoms with E-state index in [0.29, 0.717) is 39.0 Å². The maximum absolute atomic E-state index is 10.9. The van der Waals surface area contributed by atoms with Crippen LogP contribution in [-0.4, -0.2) is 68.2 Å². The van der Waals surface area contributed by atoms with Crippen LogP contribution in [0.1, 0.15) is 36.0 Å². The Balaban J connectivity index is 0.000000440. The molecule has 0 radical (unpaired) electrons. The van der Waals surface area contributed by atoms with Gasteiger partial charge in [-0.2, -0.15) is 0 Å². The lowest BCUT2D eigenvalue weighted by atomic mass is 9.85. The number of benzene rings is 1. The molecule has 1 unspecified atom stereocenters. The highest BCUT2D eigenvalue weighted by atomic mass is 16.5. The number of ether oxygens (including phenoxy) is 1. The number of carboxylic acid groups (broad SMARTS) is 2. The molecule has 1 aliphatic rings. The lowest BCUT2D eigenvalue weighted by Crippen LogP contribution is -2.47. The van der Waals surface area contributed by atoms with E-state index in [1.54, 1.807) is 12.4 Å². The first-order valence-corrected chi connectivity index (χ1v) is 10.8. The Morgan fingerprint density at radius 3 is 2.21 bits per heavy atom. The van der Waals surface area contributed by atoms with E-state index < -0.39 is 23.8 Å². The monoisotopic (exact) mass is 470 g/mol. The molecule has 1 aromatic carbocycles. The van der Waals surface area contributed by atoms with E-state index in [1.165, 1.54) is 17.4 Å². The van der Waals surface area contributed by atoms with Crippen molar-refractivity contribution >= 4 is 11.9 Å². The van der Waals surface area contributed by atoms with Gasteiger partial charge < -0.3 is 25.2 Å². The van der Waals surface area contributed by atoms with Crippen molar-refractivity contribution in [2.75, 3.05) is 19.7 Å². The normalized spacial score (nSPS) is 15.6. The number of aliphatic hydroxyl groups excluding tert-OH is 1. The van der Waals surface area contributed by atoms with Crippen LogP contribution in [0.15, 0.2) is 42.7 Å². The van der Waals surface area contributed by atoms with Crippen LogP contribution >= 0.6 is 0 Å². The van der Waals surface area contributed by atoms with E-state index >= 15 is 0 Å². The van der Waals surface area contributed by atoms with Crippen LogP contribution in [0.5, 0.6) is 5.75 Å². The number of rotatable bonds is 6. The van der Waals surface area contributed by atoms with Crippen LogP contribution in [0.4, 0.5) is 0 Å². The standard InChI is InChI=1S/C21H28N2O3.C4H2O4/c1-16-3-4-19(17(2)15-16)26-14-7-20(24)23-12-8-21(25,9-13-23)18-5-10-22-11-6-18;5-3(6)1-2-4(7)8/h3-6,10-11,15,20,24-25H,7-9,12-14H2,1-2H3;(H,5,6)(H,7,8). The molecule has 0 bridgehead atoms. The molecule has 3 rings (SSSR count). The van der Waals surface area contributed by atoms with Gasteiger partial charge in [-0.3, -0.25) is 9.88 Å². The lowest BCUT2D eigenvalue weighted by Gasteiger charge is -2.40. The molecule has 9 heteroatoms. The predicted octanol–water partition coefficient (Wildman–Crippen LogP) is 1.93. The van der Waals surface area contributed by atoms with Gasteiger partial charge in [0, 0.05) is 43.7 Å². The third-order valence-electron chi connectivity index (χ3n) is 5.50. The first-order valence-electron chi connectivity index (χ1n) is 10.8. The molecular weight excluding hydrogens is 440 g/mol. The minimum absolute atomic E-state index is 0.468. The number of carboxylic acids is 2. The van der Waals surface area contributed by atoms with Crippen molar-refractivity contribution in [1.82, 2.24) is 9.88 Å². The molecule has 2 aromatic rings. The van der Waals surface area contributed by atoms with E-state index in [4.69, 9.17) is 14.9 Å². The Morgan fingerprint density at radius 2 is 1.68 bits per heavy atom. The van der Waals surface area contributed by atoms with E-state index in [2.05, 4.69) is 18.0 Å². The third kappa shape index (κ3) is 8.48. The molecule has 0 amide bonds. The Kier molecular flexibility index (Phi) is 10.0. The predicted molar refractivity (Wildman–Crippen MR) is 124 cm³/mol. The molecule has 1 fully saturated rings. The summed E-state index contributed by atoms with van der Waals surface area (Å²) in [5, 5.41) is 36.8. The molecule has 0 saturated carbocycles. The molecule has 182 valence electrons. The quantitative estimate of drug-likeness (QED) is 0.466. The van der Waals surface area contributed by atoms with Crippen LogP contribution in [-0.2, 0) is 15.2 Å². The fourth-order valence-corrected chi connectivity index (χ4v) is 3.67. The second-order valence-electron chi connectivity index (χ2n) is 8.05. The number of likely N-dealkylation sites (tertiary alicyclic amines) is 1. The van der Waals surface area contributed by atoms with Crippen LogP contribution in [0, 0.1) is 25.7 Å². The maximum atomic E-state index is 10.9. The number of aromatic nitrogens is 1. The number of piperidine rings is 1.